The van der Waals surface area contributed by atoms with Crippen LogP contribution < -0.4 is 10.6 Å². The summed E-state index contributed by atoms with van der Waals surface area (Å²) in [5, 5.41) is 13.7. The second kappa shape index (κ2) is 8.29. The summed E-state index contributed by atoms with van der Waals surface area (Å²) in [4.78, 5) is 11.9. The van der Waals surface area contributed by atoms with Gasteiger partial charge in [-0.1, -0.05) is 12.1 Å². The van der Waals surface area contributed by atoms with Crippen LogP contribution in [-0.2, 0) is 11.0 Å². The minimum absolute atomic E-state index is 0.327. The SMILES string of the molecule is N#C/C(=C/NCCCCl)C(=O)Nc1ccccc1C(F)(F)F. The molecule has 1 rings (SSSR count). The molecule has 0 spiro atoms. The molecule has 1 aromatic carbocycles. The molecule has 0 atom stereocenters. The first-order valence-electron chi connectivity index (χ1n) is 6.27. The highest BCUT2D eigenvalue weighted by Crippen LogP contribution is 2.34. The first kappa shape index (κ1) is 17.9. The van der Waals surface area contributed by atoms with Gasteiger partial charge in [0.2, 0.25) is 0 Å². The molecule has 0 saturated heterocycles. The highest BCUT2D eigenvalue weighted by molar-refractivity contribution is 6.17. The van der Waals surface area contributed by atoms with Crippen molar-refractivity contribution in [3.63, 3.8) is 0 Å². The van der Waals surface area contributed by atoms with Gasteiger partial charge in [0.1, 0.15) is 11.6 Å². The van der Waals surface area contributed by atoms with Crippen LogP contribution in [0.1, 0.15) is 12.0 Å². The van der Waals surface area contributed by atoms with Crippen molar-refractivity contribution in [1.82, 2.24) is 5.32 Å². The van der Waals surface area contributed by atoms with Crippen molar-refractivity contribution in [2.75, 3.05) is 17.7 Å². The van der Waals surface area contributed by atoms with Gasteiger partial charge in [-0.25, -0.2) is 0 Å². The van der Waals surface area contributed by atoms with Crippen LogP contribution in [0.3, 0.4) is 0 Å². The van der Waals surface area contributed by atoms with E-state index in [-0.39, 0.29) is 5.57 Å². The Morgan fingerprint density at radius 2 is 2.05 bits per heavy atom. The number of para-hydroxylation sites is 1. The normalized spacial score (nSPS) is 11.7. The Hall–Kier alpha value is -2.20. The van der Waals surface area contributed by atoms with E-state index < -0.39 is 23.3 Å². The van der Waals surface area contributed by atoms with Gasteiger partial charge in [0.05, 0.1) is 11.3 Å². The van der Waals surface area contributed by atoms with Gasteiger partial charge in [-0.15, -0.1) is 11.6 Å². The summed E-state index contributed by atoms with van der Waals surface area (Å²) in [6.45, 7) is 0.446. The molecule has 0 aliphatic heterocycles. The number of alkyl halides is 4. The fourth-order valence-electron chi connectivity index (χ4n) is 1.52. The third-order valence-corrected chi connectivity index (χ3v) is 2.81. The predicted octanol–water partition coefficient (Wildman–Crippen LogP) is 3.27. The van der Waals surface area contributed by atoms with E-state index in [1.165, 1.54) is 12.1 Å². The van der Waals surface area contributed by atoms with Gasteiger partial charge in [-0.3, -0.25) is 4.79 Å². The predicted molar refractivity (Wildman–Crippen MR) is 77.1 cm³/mol. The number of hydrogen-bond acceptors (Lipinski definition) is 3. The van der Waals surface area contributed by atoms with E-state index in [4.69, 9.17) is 16.9 Å². The van der Waals surface area contributed by atoms with Gasteiger partial charge < -0.3 is 10.6 Å². The molecule has 0 bridgehead atoms. The van der Waals surface area contributed by atoms with Crippen molar-refractivity contribution in [2.45, 2.75) is 12.6 Å². The molecule has 2 N–H and O–H groups in total. The van der Waals surface area contributed by atoms with Gasteiger partial charge in [0.15, 0.2) is 0 Å². The molecule has 0 fully saturated rings. The highest BCUT2D eigenvalue weighted by atomic mass is 35.5. The Kier molecular flexibility index (Phi) is 6.73. The molecule has 0 aromatic heterocycles. The van der Waals surface area contributed by atoms with E-state index in [9.17, 15) is 18.0 Å². The van der Waals surface area contributed by atoms with Gasteiger partial charge in [0.25, 0.3) is 5.91 Å². The zero-order chi connectivity index (χ0) is 16.6. The van der Waals surface area contributed by atoms with Crippen molar-refractivity contribution < 1.29 is 18.0 Å². The largest absolute Gasteiger partial charge is 0.418 e. The topological polar surface area (TPSA) is 64.9 Å². The van der Waals surface area contributed by atoms with E-state index in [2.05, 4.69) is 10.6 Å². The minimum Gasteiger partial charge on any atom is -0.390 e. The summed E-state index contributed by atoms with van der Waals surface area (Å²) in [6.07, 6.45) is -2.83. The maximum absolute atomic E-state index is 12.8. The number of nitriles is 1. The number of anilines is 1. The maximum Gasteiger partial charge on any atom is 0.418 e. The number of nitrogens with zero attached hydrogens (tertiary/aromatic N) is 1. The Morgan fingerprint density at radius 3 is 2.64 bits per heavy atom. The van der Waals surface area contributed by atoms with Crippen LogP contribution in [0.25, 0.3) is 0 Å². The number of rotatable bonds is 6. The number of carbonyl (C=O) groups is 1. The number of nitrogens with one attached hydrogen (secondary N) is 2. The van der Waals surface area contributed by atoms with Crippen molar-refractivity contribution >= 4 is 23.2 Å². The lowest BCUT2D eigenvalue weighted by Gasteiger charge is -2.13. The zero-order valence-electron chi connectivity index (χ0n) is 11.4. The molecule has 8 heteroatoms. The number of amides is 1. The molecule has 118 valence electrons. The number of halogens is 4. The minimum atomic E-state index is -4.60. The molecular formula is C14H13ClF3N3O. The van der Waals surface area contributed by atoms with Crippen LogP contribution in [0.2, 0.25) is 0 Å². The lowest BCUT2D eigenvalue weighted by atomic mass is 10.1. The number of hydrogen-bond donors (Lipinski definition) is 2. The van der Waals surface area contributed by atoms with Gasteiger partial charge in [-0.2, -0.15) is 18.4 Å². The maximum atomic E-state index is 12.8. The van der Waals surface area contributed by atoms with E-state index in [0.717, 1.165) is 18.3 Å². The van der Waals surface area contributed by atoms with Gasteiger partial charge in [-0.05, 0) is 18.6 Å². The first-order valence-corrected chi connectivity index (χ1v) is 6.80. The average Bonchev–Trinajstić information content (AvgIpc) is 2.46. The molecule has 0 unspecified atom stereocenters. The van der Waals surface area contributed by atoms with E-state index in [0.29, 0.717) is 18.8 Å². The Labute approximate surface area is 130 Å². The summed E-state index contributed by atoms with van der Waals surface area (Å²) in [5.74, 6) is -0.508. The molecule has 0 aliphatic carbocycles. The van der Waals surface area contributed by atoms with Crippen LogP contribution in [0.4, 0.5) is 18.9 Å². The third-order valence-electron chi connectivity index (χ3n) is 2.55. The smallest absolute Gasteiger partial charge is 0.390 e. The monoisotopic (exact) mass is 331 g/mol. The molecule has 1 aromatic rings. The van der Waals surface area contributed by atoms with Crippen LogP contribution in [0.5, 0.6) is 0 Å². The molecular weight excluding hydrogens is 319 g/mol. The Morgan fingerprint density at radius 1 is 1.36 bits per heavy atom. The lowest BCUT2D eigenvalue weighted by Crippen LogP contribution is -2.19. The number of benzene rings is 1. The average molecular weight is 332 g/mol. The van der Waals surface area contributed by atoms with Crippen molar-refractivity contribution in [1.29, 1.82) is 5.26 Å². The van der Waals surface area contributed by atoms with Gasteiger partial charge in [0, 0.05) is 18.6 Å². The van der Waals surface area contributed by atoms with Crippen LogP contribution in [-0.4, -0.2) is 18.3 Å². The van der Waals surface area contributed by atoms with E-state index >= 15 is 0 Å². The Balaban J connectivity index is 2.86. The van der Waals surface area contributed by atoms with Crippen LogP contribution >= 0.6 is 11.6 Å². The summed E-state index contributed by atoms with van der Waals surface area (Å²) >= 11 is 5.47. The molecule has 0 saturated carbocycles. The fraction of sp³-hybridized carbons (Fsp3) is 0.286. The second-order valence-corrected chi connectivity index (χ2v) is 4.54. The van der Waals surface area contributed by atoms with Crippen molar-refractivity contribution in [3.05, 3.63) is 41.6 Å². The Bertz CT molecular complexity index is 594. The second-order valence-electron chi connectivity index (χ2n) is 4.16. The zero-order valence-corrected chi connectivity index (χ0v) is 12.1. The summed E-state index contributed by atoms with van der Waals surface area (Å²) in [7, 11) is 0. The summed E-state index contributed by atoms with van der Waals surface area (Å²) in [5.41, 5.74) is -1.70. The standard InChI is InChI=1S/C14H13ClF3N3O/c15-6-3-7-20-9-10(8-19)13(22)21-12-5-2-1-4-11(12)14(16,17)18/h1-2,4-5,9,20H,3,6-7H2,(H,21,22)/b10-9-. The lowest BCUT2D eigenvalue weighted by molar-refractivity contribution is -0.136. The highest BCUT2D eigenvalue weighted by Gasteiger charge is 2.33. The number of carbonyl (C=O) groups excluding carboxylic acids is 1. The molecule has 22 heavy (non-hydrogen) atoms. The van der Waals surface area contributed by atoms with Crippen LogP contribution in [0.15, 0.2) is 36.0 Å². The van der Waals surface area contributed by atoms with E-state index in [1.54, 1.807) is 6.07 Å². The molecule has 1 amide bonds. The van der Waals surface area contributed by atoms with Crippen molar-refractivity contribution in [3.8, 4) is 6.07 Å². The first-order chi connectivity index (χ1) is 10.4. The molecule has 0 radical (unpaired) electrons. The molecule has 4 nitrogen and oxygen atoms in total. The quantitative estimate of drug-likeness (QED) is 0.364. The van der Waals surface area contributed by atoms with E-state index in [1.807, 2.05) is 0 Å². The molecule has 0 aliphatic rings. The van der Waals surface area contributed by atoms with Crippen molar-refractivity contribution in [2.24, 2.45) is 0 Å². The van der Waals surface area contributed by atoms with Crippen LogP contribution in [0, 0.1) is 11.3 Å². The third kappa shape index (κ3) is 5.30. The fourth-order valence-corrected chi connectivity index (χ4v) is 1.65. The molecule has 0 heterocycles. The summed E-state index contributed by atoms with van der Waals surface area (Å²) in [6, 6.07) is 6.18. The van der Waals surface area contributed by atoms with Gasteiger partial charge >= 0.3 is 6.18 Å². The summed E-state index contributed by atoms with van der Waals surface area (Å²) < 4.78 is 38.4.